The molecule has 1 aliphatic carbocycles. The number of hydrogen-bond acceptors (Lipinski definition) is 2. The first kappa shape index (κ1) is 16.1. The molecule has 0 spiro atoms. The standard InChI is InChI=1S/C18H22ClN3O/c19-17-5-2-1-4-14(17)6-11-18(23)21-15-7-9-16(10-8-15)22-13-3-12-20-22/h1-5,12-13,15-16H,6-11H2,(H,21,23). The number of benzene rings is 1. The number of carbonyl (C=O) groups excluding carboxylic acids is 1. The second-order valence-corrected chi connectivity index (χ2v) is 6.56. The van der Waals surface area contributed by atoms with Gasteiger partial charge < -0.3 is 5.32 Å². The Hall–Kier alpha value is -1.81. The zero-order chi connectivity index (χ0) is 16.1. The van der Waals surface area contributed by atoms with E-state index in [-0.39, 0.29) is 5.91 Å². The minimum atomic E-state index is 0.118. The molecule has 1 aromatic heterocycles. The Morgan fingerprint density at radius 3 is 2.70 bits per heavy atom. The second-order valence-electron chi connectivity index (χ2n) is 6.15. The van der Waals surface area contributed by atoms with Crippen LogP contribution in [0.2, 0.25) is 5.02 Å². The number of hydrogen-bond donors (Lipinski definition) is 1. The minimum Gasteiger partial charge on any atom is -0.353 e. The number of amides is 1. The Kier molecular flexibility index (Phi) is 5.34. The Bertz CT molecular complexity index is 633. The molecule has 1 N–H and O–H groups in total. The SMILES string of the molecule is O=C(CCc1ccccc1Cl)NC1CCC(n2cccn2)CC1. The van der Waals surface area contributed by atoms with Gasteiger partial charge >= 0.3 is 0 Å². The molecule has 2 aromatic rings. The number of aryl methyl sites for hydroxylation is 1. The van der Waals surface area contributed by atoms with Crippen molar-refractivity contribution in [3.8, 4) is 0 Å². The van der Waals surface area contributed by atoms with Gasteiger partial charge in [-0.1, -0.05) is 29.8 Å². The van der Waals surface area contributed by atoms with Crippen LogP contribution in [0.25, 0.3) is 0 Å². The van der Waals surface area contributed by atoms with Gasteiger partial charge in [0.15, 0.2) is 0 Å². The molecule has 0 radical (unpaired) electrons. The van der Waals surface area contributed by atoms with Crippen molar-refractivity contribution in [3.63, 3.8) is 0 Å². The third-order valence-electron chi connectivity index (χ3n) is 4.54. The maximum Gasteiger partial charge on any atom is 0.220 e. The van der Waals surface area contributed by atoms with Gasteiger partial charge in [0.05, 0.1) is 6.04 Å². The quantitative estimate of drug-likeness (QED) is 0.906. The van der Waals surface area contributed by atoms with Crippen LogP contribution < -0.4 is 5.32 Å². The highest BCUT2D eigenvalue weighted by Crippen LogP contribution is 2.27. The number of nitrogens with zero attached hydrogens (tertiary/aromatic N) is 2. The van der Waals surface area contributed by atoms with Crippen molar-refractivity contribution < 1.29 is 4.79 Å². The van der Waals surface area contributed by atoms with Crippen molar-refractivity contribution in [2.24, 2.45) is 0 Å². The van der Waals surface area contributed by atoms with E-state index < -0.39 is 0 Å². The summed E-state index contributed by atoms with van der Waals surface area (Å²) in [6.07, 6.45) is 9.19. The van der Waals surface area contributed by atoms with E-state index >= 15 is 0 Å². The summed E-state index contributed by atoms with van der Waals surface area (Å²) in [4.78, 5) is 12.1. The lowest BCUT2D eigenvalue weighted by Crippen LogP contribution is -2.38. The third-order valence-corrected chi connectivity index (χ3v) is 4.91. The molecule has 1 saturated carbocycles. The number of halogens is 1. The first-order chi connectivity index (χ1) is 11.2. The largest absolute Gasteiger partial charge is 0.353 e. The average molecular weight is 332 g/mol. The van der Waals surface area contributed by atoms with Gasteiger partial charge in [-0.2, -0.15) is 5.10 Å². The van der Waals surface area contributed by atoms with Crippen molar-refractivity contribution in [2.75, 3.05) is 0 Å². The number of rotatable bonds is 5. The summed E-state index contributed by atoms with van der Waals surface area (Å²) in [6.45, 7) is 0. The maximum absolute atomic E-state index is 12.1. The lowest BCUT2D eigenvalue weighted by molar-refractivity contribution is -0.122. The fourth-order valence-corrected chi connectivity index (χ4v) is 3.46. The first-order valence-electron chi connectivity index (χ1n) is 8.24. The molecule has 122 valence electrons. The molecule has 1 heterocycles. The Morgan fingerprint density at radius 2 is 2.00 bits per heavy atom. The van der Waals surface area contributed by atoms with E-state index in [1.165, 1.54) is 0 Å². The summed E-state index contributed by atoms with van der Waals surface area (Å²) in [7, 11) is 0. The van der Waals surface area contributed by atoms with Gasteiger partial charge in [0.2, 0.25) is 5.91 Å². The molecule has 1 aliphatic rings. The van der Waals surface area contributed by atoms with Crippen LogP contribution in [-0.4, -0.2) is 21.7 Å². The molecule has 0 unspecified atom stereocenters. The average Bonchev–Trinajstić information content (AvgIpc) is 3.09. The summed E-state index contributed by atoms with van der Waals surface area (Å²) in [5.74, 6) is 0.118. The van der Waals surface area contributed by atoms with Gasteiger partial charge in [-0.15, -0.1) is 0 Å². The highest BCUT2D eigenvalue weighted by atomic mass is 35.5. The van der Waals surface area contributed by atoms with Gasteiger partial charge in [-0.05, 0) is 49.8 Å². The summed E-state index contributed by atoms with van der Waals surface area (Å²) < 4.78 is 2.04. The van der Waals surface area contributed by atoms with E-state index in [4.69, 9.17) is 11.6 Å². The molecule has 1 fully saturated rings. The van der Waals surface area contributed by atoms with E-state index in [0.29, 0.717) is 24.9 Å². The molecule has 5 heteroatoms. The Morgan fingerprint density at radius 1 is 1.22 bits per heavy atom. The van der Waals surface area contributed by atoms with Crippen LogP contribution in [0.15, 0.2) is 42.7 Å². The molecule has 1 aromatic carbocycles. The predicted octanol–water partition coefficient (Wildman–Crippen LogP) is 3.77. The zero-order valence-electron chi connectivity index (χ0n) is 13.1. The van der Waals surface area contributed by atoms with Crippen LogP contribution >= 0.6 is 11.6 Å². The topological polar surface area (TPSA) is 46.9 Å². The van der Waals surface area contributed by atoms with Gasteiger partial charge in [-0.25, -0.2) is 0 Å². The molecule has 0 atom stereocenters. The number of aromatic nitrogens is 2. The van der Waals surface area contributed by atoms with Gasteiger partial charge in [0, 0.05) is 29.9 Å². The second kappa shape index (κ2) is 7.64. The van der Waals surface area contributed by atoms with Crippen LogP contribution in [0.3, 0.4) is 0 Å². The number of carbonyl (C=O) groups is 1. The van der Waals surface area contributed by atoms with Gasteiger partial charge in [0.1, 0.15) is 0 Å². The highest BCUT2D eigenvalue weighted by Gasteiger charge is 2.23. The monoisotopic (exact) mass is 331 g/mol. The van der Waals surface area contributed by atoms with Gasteiger partial charge in [0.25, 0.3) is 0 Å². The van der Waals surface area contributed by atoms with Crippen molar-refractivity contribution in [1.29, 1.82) is 0 Å². The fourth-order valence-electron chi connectivity index (χ4n) is 3.23. The van der Waals surface area contributed by atoms with Crippen LogP contribution in [0, 0.1) is 0 Å². The first-order valence-corrected chi connectivity index (χ1v) is 8.62. The molecule has 4 nitrogen and oxygen atoms in total. The Labute approximate surface area is 141 Å². The lowest BCUT2D eigenvalue weighted by atomic mass is 9.91. The predicted molar refractivity (Wildman–Crippen MR) is 91.4 cm³/mol. The van der Waals surface area contributed by atoms with E-state index in [1.54, 1.807) is 0 Å². The van der Waals surface area contributed by atoms with Crippen molar-refractivity contribution in [2.45, 2.75) is 50.6 Å². The zero-order valence-corrected chi connectivity index (χ0v) is 13.9. The molecule has 3 rings (SSSR count). The highest BCUT2D eigenvalue weighted by molar-refractivity contribution is 6.31. The third kappa shape index (κ3) is 4.35. The molecule has 0 saturated heterocycles. The number of nitrogens with one attached hydrogen (secondary N) is 1. The molecule has 23 heavy (non-hydrogen) atoms. The minimum absolute atomic E-state index is 0.118. The molecule has 1 amide bonds. The fraction of sp³-hybridized carbons (Fsp3) is 0.444. The Balaban J connectivity index is 1.42. The van der Waals surface area contributed by atoms with Crippen LogP contribution in [0.4, 0.5) is 0 Å². The summed E-state index contributed by atoms with van der Waals surface area (Å²) >= 11 is 6.12. The summed E-state index contributed by atoms with van der Waals surface area (Å²) in [6, 6.07) is 10.4. The smallest absolute Gasteiger partial charge is 0.220 e. The van der Waals surface area contributed by atoms with E-state index in [2.05, 4.69) is 10.4 Å². The molecule has 0 aliphatic heterocycles. The lowest BCUT2D eigenvalue weighted by Gasteiger charge is -2.29. The molecular weight excluding hydrogens is 310 g/mol. The van der Waals surface area contributed by atoms with Crippen molar-refractivity contribution in [3.05, 3.63) is 53.3 Å². The van der Waals surface area contributed by atoms with E-state index in [0.717, 1.165) is 36.3 Å². The van der Waals surface area contributed by atoms with Gasteiger partial charge in [-0.3, -0.25) is 9.48 Å². The van der Waals surface area contributed by atoms with E-state index in [9.17, 15) is 4.79 Å². The van der Waals surface area contributed by atoms with E-state index in [1.807, 2.05) is 47.4 Å². The molecular formula is C18H22ClN3O. The summed E-state index contributed by atoms with van der Waals surface area (Å²) in [5.41, 5.74) is 1.03. The van der Waals surface area contributed by atoms with Crippen LogP contribution in [0.5, 0.6) is 0 Å². The van der Waals surface area contributed by atoms with Crippen molar-refractivity contribution >= 4 is 17.5 Å². The normalized spacial score (nSPS) is 21.1. The summed E-state index contributed by atoms with van der Waals surface area (Å²) in [5, 5.41) is 8.21. The maximum atomic E-state index is 12.1. The van der Waals surface area contributed by atoms with Crippen molar-refractivity contribution in [1.82, 2.24) is 15.1 Å². The van der Waals surface area contributed by atoms with Crippen LogP contribution in [0.1, 0.15) is 43.7 Å². The van der Waals surface area contributed by atoms with Crippen LogP contribution in [-0.2, 0) is 11.2 Å². The molecule has 0 bridgehead atoms.